The molecule has 0 saturated heterocycles. The number of nitrogens with one attached hydrogen (secondary N) is 1. The predicted molar refractivity (Wildman–Crippen MR) is 104 cm³/mol. The Morgan fingerprint density at radius 1 is 1.15 bits per heavy atom. The van der Waals surface area contributed by atoms with E-state index < -0.39 is 5.91 Å². The number of hydrogen-bond donors (Lipinski definition) is 2. The summed E-state index contributed by atoms with van der Waals surface area (Å²) in [7, 11) is 1.63. The van der Waals surface area contributed by atoms with Crippen LogP contribution in [0.15, 0.2) is 24.3 Å². The largest absolute Gasteiger partial charge is 0.497 e. The van der Waals surface area contributed by atoms with Gasteiger partial charge in [0.05, 0.1) is 12.7 Å². The summed E-state index contributed by atoms with van der Waals surface area (Å²) >= 11 is 1.51. The van der Waals surface area contributed by atoms with Gasteiger partial charge in [-0.05, 0) is 55.4 Å². The molecule has 3 N–H and O–H groups in total. The van der Waals surface area contributed by atoms with Gasteiger partial charge in [-0.15, -0.1) is 11.3 Å². The van der Waals surface area contributed by atoms with E-state index >= 15 is 0 Å². The molecule has 0 fully saturated rings. The molecule has 0 spiro atoms. The molecule has 1 heterocycles. The molecule has 1 aromatic carbocycles. The molecule has 5 nitrogen and oxygen atoms in total. The predicted octanol–water partition coefficient (Wildman–Crippen LogP) is 3.70. The monoisotopic (exact) mass is 372 g/mol. The number of rotatable bonds is 6. The van der Waals surface area contributed by atoms with E-state index in [0.717, 1.165) is 42.6 Å². The lowest BCUT2D eigenvalue weighted by Crippen LogP contribution is -2.18. The molecule has 6 heteroatoms. The number of nitrogens with two attached hydrogens (primary N) is 1. The van der Waals surface area contributed by atoms with Gasteiger partial charge in [-0.25, -0.2) is 0 Å². The highest BCUT2D eigenvalue weighted by molar-refractivity contribution is 7.17. The summed E-state index contributed by atoms with van der Waals surface area (Å²) in [6, 6.07) is 7.67. The van der Waals surface area contributed by atoms with Crippen molar-refractivity contribution in [3.63, 3.8) is 0 Å². The van der Waals surface area contributed by atoms with Crippen LogP contribution >= 0.6 is 11.3 Å². The number of thiophene rings is 1. The highest BCUT2D eigenvalue weighted by Gasteiger charge is 2.24. The van der Waals surface area contributed by atoms with Crippen molar-refractivity contribution in [1.29, 1.82) is 0 Å². The molecule has 0 aliphatic heterocycles. The fraction of sp³-hybridized carbons (Fsp3) is 0.400. The lowest BCUT2D eigenvalue weighted by Gasteiger charge is -2.07. The standard InChI is InChI=1S/C20H24N2O3S/c1-25-14-10-7-13(8-11-14)9-12-17(23)22-20-18(19(21)24)15-5-3-2-4-6-16(15)26-20/h7-8,10-11H,2-6,9,12H2,1H3,(H2,21,24)(H,22,23). The van der Waals surface area contributed by atoms with Gasteiger partial charge in [0.25, 0.3) is 5.91 Å². The molecule has 0 bridgehead atoms. The highest BCUT2D eigenvalue weighted by atomic mass is 32.1. The number of primary amides is 1. The molecule has 138 valence electrons. The molecule has 3 rings (SSSR count). The highest BCUT2D eigenvalue weighted by Crippen LogP contribution is 2.37. The van der Waals surface area contributed by atoms with E-state index in [-0.39, 0.29) is 5.91 Å². The normalized spacial score (nSPS) is 13.6. The van der Waals surface area contributed by atoms with E-state index in [4.69, 9.17) is 10.5 Å². The van der Waals surface area contributed by atoms with Gasteiger partial charge in [-0.3, -0.25) is 9.59 Å². The Labute approximate surface area is 157 Å². The Morgan fingerprint density at radius 2 is 1.88 bits per heavy atom. The lowest BCUT2D eigenvalue weighted by molar-refractivity contribution is -0.116. The fourth-order valence-corrected chi connectivity index (χ4v) is 4.64. The Morgan fingerprint density at radius 3 is 2.58 bits per heavy atom. The molecule has 1 aromatic heterocycles. The van der Waals surface area contributed by atoms with Gasteiger partial charge in [0.1, 0.15) is 10.8 Å². The van der Waals surface area contributed by atoms with Crippen LogP contribution < -0.4 is 15.8 Å². The number of hydrogen-bond acceptors (Lipinski definition) is 4. The van der Waals surface area contributed by atoms with Crippen molar-refractivity contribution >= 4 is 28.2 Å². The van der Waals surface area contributed by atoms with Crippen LogP contribution in [0.25, 0.3) is 0 Å². The van der Waals surface area contributed by atoms with Crippen molar-refractivity contribution in [2.75, 3.05) is 12.4 Å². The van der Waals surface area contributed by atoms with E-state index in [1.54, 1.807) is 7.11 Å². The summed E-state index contributed by atoms with van der Waals surface area (Å²) in [6.45, 7) is 0. The van der Waals surface area contributed by atoms with Crippen molar-refractivity contribution in [3.05, 3.63) is 45.8 Å². The summed E-state index contributed by atoms with van der Waals surface area (Å²) in [6.07, 6.45) is 6.17. The van der Waals surface area contributed by atoms with Gasteiger partial charge in [0, 0.05) is 11.3 Å². The molecule has 2 amide bonds. The zero-order chi connectivity index (χ0) is 18.5. The summed E-state index contributed by atoms with van der Waals surface area (Å²) in [5.41, 5.74) is 8.24. The maximum Gasteiger partial charge on any atom is 0.251 e. The minimum Gasteiger partial charge on any atom is -0.497 e. The van der Waals surface area contributed by atoms with Crippen LogP contribution in [0.4, 0.5) is 5.00 Å². The molecule has 1 aliphatic carbocycles. The first-order valence-corrected chi connectivity index (χ1v) is 9.77. The van der Waals surface area contributed by atoms with E-state index in [1.807, 2.05) is 24.3 Å². The van der Waals surface area contributed by atoms with E-state index in [1.165, 1.54) is 22.6 Å². The number of ether oxygens (including phenoxy) is 1. The van der Waals surface area contributed by atoms with Crippen LogP contribution in [0.1, 0.15) is 52.0 Å². The van der Waals surface area contributed by atoms with Crippen LogP contribution in [0, 0.1) is 0 Å². The zero-order valence-electron chi connectivity index (χ0n) is 15.0. The smallest absolute Gasteiger partial charge is 0.251 e. The minimum atomic E-state index is -0.449. The Kier molecular flexibility index (Phi) is 5.93. The second kappa shape index (κ2) is 8.36. The van der Waals surface area contributed by atoms with Crippen molar-refractivity contribution in [2.45, 2.75) is 44.9 Å². The number of fused-ring (bicyclic) bond motifs is 1. The second-order valence-corrected chi connectivity index (χ2v) is 7.63. The molecule has 26 heavy (non-hydrogen) atoms. The Balaban J connectivity index is 1.67. The molecule has 0 atom stereocenters. The number of anilines is 1. The first kappa shape index (κ1) is 18.5. The molecule has 1 aliphatic rings. The number of aryl methyl sites for hydroxylation is 2. The van der Waals surface area contributed by atoms with Crippen LogP contribution in [0.5, 0.6) is 5.75 Å². The van der Waals surface area contributed by atoms with Gasteiger partial charge >= 0.3 is 0 Å². The first-order chi connectivity index (χ1) is 12.6. The van der Waals surface area contributed by atoms with Crippen molar-refractivity contribution in [2.24, 2.45) is 5.73 Å². The second-order valence-electron chi connectivity index (χ2n) is 6.53. The van der Waals surface area contributed by atoms with E-state index in [9.17, 15) is 9.59 Å². The van der Waals surface area contributed by atoms with Gasteiger partial charge in [-0.2, -0.15) is 0 Å². The van der Waals surface area contributed by atoms with Crippen molar-refractivity contribution in [3.8, 4) is 5.75 Å². The molecule has 0 radical (unpaired) electrons. The zero-order valence-corrected chi connectivity index (χ0v) is 15.8. The molecular formula is C20H24N2O3S. The number of amides is 2. The third kappa shape index (κ3) is 4.25. The Hall–Kier alpha value is -2.34. The van der Waals surface area contributed by atoms with Crippen molar-refractivity contribution in [1.82, 2.24) is 0 Å². The quantitative estimate of drug-likeness (QED) is 0.759. The first-order valence-electron chi connectivity index (χ1n) is 8.95. The minimum absolute atomic E-state index is 0.0975. The average Bonchev–Trinajstić information content (AvgIpc) is 2.81. The van der Waals surface area contributed by atoms with Crippen LogP contribution in [0.2, 0.25) is 0 Å². The number of benzene rings is 1. The molecule has 0 unspecified atom stereocenters. The van der Waals surface area contributed by atoms with Gasteiger partial charge in [0.15, 0.2) is 0 Å². The Bertz CT molecular complexity index is 796. The third-order valence-electron chi connectivity index (χ3n) is 4.72. The topological polar surface area (TPSA) is 81.4 Å². The number of carbonyl (C=O) groups excluding carboxylic acids is 2. The lowest BCUT2D eigenvalue weighted by atomic mass is 10.1. The van der Waals surface area contributed by atoms with Gasteiger partial charge in [-0.1, -0.05) is 18.6 Å². The van der Waals surface area contributed by atoms with Crippen LogP contribution in [-0.4, -0.2) is 18.9 Å². The van der Waals surface area contributed by atoms with Crippen LogP contribution in [0.3, 0.4) is 0 Å². The summed E-state index contributed by atoms with van der Waals surface area (Å²) in [5.74, 6) is 0.249. The summed E-state index contributed by atoms with van der Waals surface area (Å²) in [5, 5.41) is 3.53. The number of methoxy groups -OCH3 is 1. The molecular weight excluding hydrogens is 348 g/mol. The number of carbonyl (C=O) groups is 2. The molecule has 2 aromatic rings. The van der Waals surface area contributed by atoms with Crippen molar-refractivity contribution < 1.29 is 14.3 Å². The van der Waals surface area contributed by atoms with E-state index in [2.05, 4.69) is 5.32 Å². The SMILES string of the molecule is COc1ccc(CCC(=O)Nc2sc3c(c2C(N)=O)CCCCC3)cc1. The van der Waals surface area contributed by atoms with Crippen LogP contribution in [-0.2, 0) is 24.1 Å². The summed E-state index contributed by atoms with van der Waals surface area (Å²) < 4.78 is 5.14. The fourth-order valence-electron chi connectivity index (χ4n) is 3.33. The average molecular weight is 372 g/mol. The third-order valence-corrected chi connectivity index (χ3v) is 5.93. The maximum absolute atomic E-state index is 12.4. The van der Waals surface area contributed by atoms with E-state index in [0.29, 0.717) is 23.4 Å². The summed E-state index contributed by atoms with van der Waals surface area (Å²) in [4.78, 5) is 25.5. The van der Waals surface area contributed by atoms with Gasteiger partial charge in [0.2, 0.25) is 5.91 Å². The van der Waals surface area contributed by atoms with Gasteiger partial charge < -0.3 is 15.8 Å². The maximum atomic E-state index is 12.4. The molecule has 0 saturated carbocycles.